The lowest BCUT2D eigenvalue weighted by Gasteiger charge is -2.50. The fraction of sp³-hybridized carbons (Fsp3) is 0.526. The molecule has 0 radical (unpaired) electrons. The molecule has 6 heteroatoms. The molecule has 2 heterocycles. The van der Waals surface area contributed by atoms with Crippen molar-refractivity contribution in [3.63, 3.8) is 0 Å². The van der Waals surface area contributed by atoms with Gasteiger partial charge in [-0.15, -0.1) is 11.8 Å². The number of carbonyl (C=O) groups excluding carboxylic acids is 1. The SMILES string of the molecule is COC1CC(F)C2NC(=O)C3SC=CC3C2C1c1ccc(CN)cc1. The Morgan fingerprint density at radius 1 is 1.36 bits per heavy atom. The zero-order chi connectivity index (χ0) is 17.6. The lowest BCUT2D eigenvalue weighted by Crippen LogP contribution is -2.63. The molecule has 1 aromatic carbocycles. The molecule has 4 rings (SSSR count). The van der Waals surface area contributed by atoms with Crippen LogP contribution >= 0.6 is 11.8 Å². The molecule has 2 fully saturated rings. The van der Waals surface area contributed by atoms with E-state index in [4.69, 9.17) is 10.5 Å². The van der Waals surface area contributed by atoms with Crippen LogP contribution < -0.4 is 11.1 Å². The Balaban J connectivity index is 1.75. The standard InChI is InChI=1S/C19H23FN2O2S/c1-24-14-8-13(20)17-16(12-6-7-25-18(12)19(23)22-17)15(14)11-4-2-10(9-21)3-5-11/h2-7,12-18H,8-9,21H2,1H3,(H,22,23). The van der Waals surface area contributed by atoms with Crippen LogP contribution in [0.3, 0.4) is 0 Å². The van der Waals surface area contributed by atoms with Gasteiger partial charge in [0.2, 0.25) is 5.91 Å². The molecule has 0 bridgehead atoms. The summed E-state index contributed by atoms with van der Waals surface area (Å²) < 4.78 is 20.6. The smallest absolute Gasteiger partial charge is 0.234 e. The number of methoxy groups -OCH3 is 1. The largest absolute Gasteiger partial charge is 0.381 e. The summed E-state index contributed by atoms with van der Waals surface area (Å²) >= 11 is 1.53. The first kappa shape index (κ1) is 17.1. The minimum atomic E-state index is -1.08. The van der Waals surface area contributed by atoms with Gasteiger partial charge in [-0.2, -0.15) is 0 Å². The third-order valence-electron chi connectivity index (χ3n) is 5.87. The Bertz CT molecular complexity index is 681. The predicted octanol–water partition coefficient (Wildman–Crippen LogP) is 2.35. The highest BCUT2D eigenvalue weighted by atomic mass is 32.2. The van der Waals surface area contributed by atoms with Gasteiger partial charge < -0.3 is 15.8 Å². The molecule has 7 unspecified atom stereocenters. The van der Waals surface area contributed by atoms with Gasteiger partial charge in [-0.1, -0.05) is 30.3 Å². The molecule has 1 aliphatic carbocycles. The number of hydrogen-bond acceptors (Lipinski definition) is 4. The number of fused-ring (bicyclic) bond motifs is 3. The zero-order valence-electron chi connectivity index (χ0n) is 14.1. The molecule has 3 aliphatic rings. The van der Waals surface area contributed by atoms with Crippen LogP contribution in [0.4, 0.5) is 4.39 Å². The van der Waals surface area contributed by atoms with Crippen LogP contribution in [-0.2, 0) is 16.1 Å². The molecule has 1 aromatic rings. The highest BCUT2D eigenvalue weighted by molar-refractivity contribution is 8.03. The van der Waals surface area contributed by atoms with Gasteiger partial charge in [0.15, 0.2) is 0 Å². The van der Waals surface area contributed by atoms with Gasteiger partial charge in [0.1, 0.15) is 6.17 Å². The predicted molar refractivity (Wildman–Crippen MR) is 96.8 cm³/mol. The number of nitrogens with two attached hydrogens (primary N) is 1. The number of carbonyl (C=O) groups is 1. The van der Waals surface area contributed by atoms with Crippen molar-refractivity contribution in [3.05, 3.63) is 46.9 Å². The number of piperidine rings is 1. The van der Waals surface area contributed by atoms with Crippen LogP contribution in [0.5, 0.6) is 0 Å². The number of hydrogen-bond donors (Lipinski definition) is 2. The first-order valence-corrected chi connectivity index (χ1v) is 9.66. The van der Waals surface area contributed by atoms with Crippen LogP contribution in [0.2, 0.25) is 0 Å². The van der Waals surface area contributed by atoms with Gasteiger partial charge in [-0.25, -0.2) is 4.39 Å². The van der Waals surface area contributed by atoms with E-state index in [1.165, 1.54) is 11.8 Å². The molecule has 1 saturated heterocycles. The molecule has 134 valence electrons. The zero-order valence-corrected chi connectivity index (χ0v) is 14.9. The first-order valence-electron chi connectivity index (χ1n) is 8.72. The molecule has 1 saturated carbocycles. The van der Waals surface area contributed by atoms with E-state index in [2.05, 4.69) is 23.5 Å². The fourth-order valence-electron chi connectivity index (χ4n) is 4.67. The van der Waals surface area contributed by atoms with Gasteiger partial charge in [0, 0.05) is 31.9 Å². The Kier molecular flexibility index (Phi) is 4.60. The summed E-state index contributed by atoms with van der Waals surface area (Å²) in [6.07, 6.45) is 1.10. The third kappa shape index (κ3) is 2.80. The van der Waals surface area contributed by atoms with E-state index in [0.29, 0.717) is 13.0 Å². The average Bonchev–Trinajstić information content (AvgIpc) is 3.13. The van der Waals surface area contributed by atoms with Crippen LogP contribution in [0, 0.1) is 11.8 Å². The van der Waals surface area contributed by atoms with Crippen molar-refractivity contribution in [1.29, 1.82) is 0 Å². The maximum absolute atomic E-state index is 14.9. The number of thioether (sulfide) groups is 1. The summed E-state index contributed by atoms with van der Waals surface area (Å²) in [6, 6.07) is 7.74. The van der Waals surface area contributed by atoms with E-state index >= 15 is 0 Å². The van der Waals surface area contributed by atoms with Crippen LogP contribution in [-0.4, -0.2) is 36.6 Å². The monoisotopic (exact) mass is 362 g/mol. The van der Waals surface area contributed by atoms with Crippen LogP contribution in [0.1, 0.15) is 23.5 Å². The summed E-state index contributed by atoms with van der Waals surface area (Å²) in [6.45, 7) is 0.497. The quantitative estimate of drug-likeness (QED) is 0.866. The highest BCUT2D eigenvalue weighted by Gasteiger charge is 2.55. The molecule has 0 spiro atoms. The number of allylic oxidation sites excluding steroid dienone is 1. The average molecular weight is 362 g/mol. The maximum Gasteiger partial charge on any atom is 0.234 e. The van der Waals surface area contributed by atoms with E-state index < -0.39 is 12.2 Å². The van der Waals surface area contributed by atoms with Gasteiger partial charge in [-0.3, -0.25) is 4.79 Å². The van der Waals surface area contributed by atoms with Gasteiger partial charge in [0.05, 0.1) is 17.4 Å². The van der Waals surface area contributed by atoms with Gasteiger partial charge >= 0.3 is 0 Å². The van der Waals surface area contributed by atoms with E-state index in [1.807, 2.05) is 17.5 Å². The molecular formula is C19H23FN2O2S. The van der Waals surface area contributed by atoms with Gasteiger partial charge in [-0.05, 0) is 22.5 Å². The normalized spacial score (nSPS) is 39.6. The second-order valence-electron chi connectivity index (χ2n) is 7.07. The number of amides is 1. The van der Waals surface area contributed by atoms with Crippen LogP contribution in [0.15, 0.2) is 35.7 Å². The number of alkyl halides is 1. The molecule has 4 nitrogen and oxygen atoms in total. The topological polar surface area (TPSA) is 64.3 Å². The second-order valence-corrected chi connectivity index (χ2v) is 8.12. The van der Waals surface area contributed by atoms with E-state index in [1.54, 1.807) is 7.11 Å². The third-order valence-corrected chi connectivity index (χ3v) is 7.00. The maximum atomic E-state index is 14.9. The number of halogens is 1. The Labute approximate surface area is 151 Å². The van der Waals surface area contributed by atoms with E-state index in [-0.39, 0.29) is 35.0 Å². The van der Waals surface area contributed by atoms with Crippen molar-refractivity contribution >= 4 is 17.7 Å². The van der Waals surface area contributed by atoms with Crippen molar-refractivity contribution < 1.29 is 13.9 Å². The number of rotatable bonds is 3. The summed E-state index contributed by atoms with van der Waals surface area (Å²) in [4.78, 5) is 12.4. The summed E-state index contributed by atoms with van der Waals surface area (Å²) in [5.74, 6) is 0.0350. The van der Waals surface area contributed by atoms with Crippen molar-refractivity contribution in [2.45, 2.75) is 42.5 Å². The van der Waals surface area contributed by atoms with Gasteiger partial charge in [0.25, 0.3) is 0 Å². The van der Waals surface area contributed by atoms with Crippen LogP contribution in [0.25, 0.3) is 0 Å². The second kappa shape index (κ2) is 6.74. The lowest BCUT2D eigenvalue weighted by molar-refractivity contribution is -0.129. The molecule has 2 aliphatic heterocycles. The number of benzene rings is 1. The minimum absolute atomic E-state index is 0.00798. The highest BCUT2D eigenvalue weighted by Crippen LogP contribution is 2.51. The number of nitrogens with one attached hydrogen (secondary N) is 1. The van der Waals surface area contributed by atoms with Crippen molar-refractivity contribution in [1.82, 2.24) is 5.32 Å². The molecule has 1 amide bonds. The first-order chi connectivity index (χ1) is 12.1. The molecular weight excluding hydrogens is 339 g/mol. The molecule has 0 aromatic heterocycles. The molecule has 7 atom stereocenters. The Hall–Kier alpha value is -1.37. The Morgan fingerprint density at radius 2 is 2.12 bits per heavy atom. The van der Waals surface area contributed by atoms with Crippen molar-refractivity contribution in [2.24, 2.45) is 17.6 Å². The summed E-state index contributed by atoms with van der Waals surface area (Å²) in [5, 5.41) is 4.78. The molecule has 25 heavy (non-hydrogen) atoms. The summed E-state index contributed by atoms with van der Waals surface area (Å²) in [7, 11) is 1.65. The van der Waals surface area contributed by atoms with Crippen molar-refractivity contribution in [2.75, 3.05) is 7.11 Å². The van der Waals surface area contributed by atoms with E-state index in [9.17, 15) is 9.18 Å². The number of ether oxygens (including phenoxy) is 1. The lowest BCUT2D eigenvalue weighted by atomic mass is 9.62. The van der Waals surface area contributed by atoms with Crippen molar-refractivity contribution in [3.8, 4) is 0 Å². The van der Waals surface area contributed by atoms with E-state index in [0.717, 1.165) is 11.1 Å². The Morgan fingerprint density at radius 3 is 2.80 bits per heavy atom. The minimum Gasteiger partial charge on any atom is -0.381 e. The fourth-order valence-corrected chi connectivity index (χ4v) is 5.76. The summed E-state index contributed by atoms with van der Waals surface area (Å²) in [5.41, 5.74) is 7.91. The molecule has 3 N–H and O–H groups in total.